The Morgan fingerprint density at radius 2 is 1.75 bits per heavy atom. The van der Waals surface area contributed by atoms with Gasteiger partial charge in [-0.15, -0.1) is 11.6 Å². The number of alkyl halides is 1. The summed E-state index contributed by atoms with van der Waals surface area (Å²) in [7, 11) is 0. The van der Waals surface area contributed by atoms with Crippen molar-refractivity contribution in [2.45, 2.75) is 38.8 Å². The summed E-state index contributed by atoms with van der Waals surface area (Å²) in [5, 5.41) is 3.13. The Morgan fingerprint density at radius 3 is 2.32 bits per heavy atom. The quantitative estimate of drug-likeness (QED) is 0.632. The van der Waals surface area contributed by atoms with Gasteiger partial charge in [0.1, 0.15) is 18.1 Å². The van der Waals surface area contributed by atoms with Crippen LogP contribution in [-0.2, 0) is 9.53 Å². The molecule has 1 N–H and O–H groups in total. The molecule has 5 heteroatoms. The van der Waals surface area contributed by atoms with E-state index in [1.165, 1.54) is 0 Å². The van der Waals surface area contributed by atoms with Crippen LogP contribution in [0.1, 0.15) is 49.9 Å². The lowest BCUT2D eigenvalue weighted by molar-refractivity contribution is -0.129. The van der Waals surface area contributed by atoms with Crippen LogP contribution in [0.3, 0.4) is 0 Å². The monoisotopic (exact) mass is 398 g/mol. The molecule has 3 rings (SSSR count). The number of carbonyl (C=O) groups excluding carboxylic acids is 1. The molecule has 148 valence electrons. The molecule has 2 aromatic rings. The fourth-order valence-electron chi connectivity index (χ4n) is 3.65. The zero-order chi connectivity index (χ0) is 20.0. The van der Waals surface area contributed by atoms with Crippen LogP contribution in [0.2, 0.25) is 0 Å². The fraction of sp³-hybridized carbons (Fsp3) is 0.391. The molecule has 2 aromatic carbocycles. The van der Waals surface area contributed by atoms with Crippen molar-refractivity contribution < 1.29 is 9.53 Å². The van der Waals surface area contributed by atoms with Crippen molar-refractivity contribution >= 4 is 23.4 Å². The minimum atomic E-state index is -0.789. The highest BCUT2D eigenvalue weighted by Crippen LogP contribution is 2.36. The lowest BCUT2D eigenvalue weighted by Gasteiger charge is -2.31. The maximum Gasteiger partial charge on any atom is 0.236 e. The van der Waals surface area contributed by atoms with E-state index in [4.69, 9.17) is 21.3 Å². The molecule has 1 aliphatic heterocycles. The van der Waals surface area contributed by atoms with Gasteiger partial charge in [0.15, 0.2) is 5.90 Å². The first-order valence-corrected chi connectivity index (χ1v) is 10.4. The van der Waals surface area contributed by atoms with Gasteiger partial charge < -0.3 is 10.1 Å². The highest BCUT2D eigenvalue weighted by Gasteiger charge is 2.45. The van der Waals surface area contributed by atoms with Gasteiger partial charge in [-0.05, 0) is 24.0 Å². The van der Waals surface area contributed by atoms with Crippen LogP contribution in [0.4, 0.5) is 0 Å². The van der Waals surface area contributed by atoms with Crippen molar-refractivity contribution in [1.29, 1.82) is 0 Å². The van der Waals surface area contributed by atoms with E-state index in [0.29, 0.717) is 31.2 Å². The summed E-state index contributed by atoms with van der Waals surface area (Å²) < 4.78 is 5.97. The summed E-state index contributed by atoms with van der Waals surface area (Å²) in [6.45, 7) is 4.47. The maximum absolute atomic E-state index is 13.4. The highest BCUT2D eigenvalue weighted by molar-refractivity contribution is 6.18. The summed E-state index contributed by atoms with van der Waals surface area (Å²) in [6, 6.07) is 19.5. The third-order valence-electron chi connectivity index (χ3n) is 5.55. The third kappa shape index (κ3) is 4.07. The summed E-state index contributed by atoms with van der Waals surface area (Å²) in [5.74, 6) is 0.754. The van der Waals surface area contributed by atoms with Gasteiger partial charge in [0.05, 0.1) is 6.04 Å². The van der Waals surface area contributed by atoms with E-state index in [1.807, 2.05) is 74.5 Å². The predicted molar refractivity (Wildman–Crippen MR) is 114 cm³/mol. The van der Waals surface area contributed by atoms with Gasteiger partial charge in [0.2, 0.25) is 5.91 Å². The number of hydrogen-bond acceptors (Lipinski definition) is 3. The lowest BCUT2D eigenvalue weighted by Crippen LogP contribution is -2.47. The van der Waals surface area contributed by atoms with Crippen LogP contribution in [0.15, 0.2) is 65.7 Å². The third-order valence-corrected chi connectivity index (χ3v) is 5.86. The maximum atomic E-state index is 13.4. The molecule has 2 atom stereocenters. The normalized spacial score (nSPS) is 17.5. The second kappa shape index (κ2) is 9.24. The molecule has 0 aromatic heterocycles. The number of benzene rings is 2. The Bertz CT molecular complexity index is 804. The Hall–Kier alpha value is -2.33. The topological polar surface area (TPSA) is 50.7 Å². The van der Waals surface area contributed by atoms with Gasteiger partial charge >= 0.3 is 0 Å². The van der Waals surface area contributed by atoms with E-state index in [0.717, 1.165) is 11.1 Å². The van der Waals surface area contributed by atoms with Crippen molar-refractivity contribution in [2.75, 3.05) is 12.5 Å². The number of ether oxygens (including phenoxy) is 1. The first kappa shape index (κ1) is 20.4. The number of hydrogen-bond donors (Lipinski definition) is 1. The molecule has 0 spiro atoms. The van der Waals surface area contributed by atoms with E-state index < -0.39 is 5.41 Å². The molecule has 0 aliphatic carbocycles. The summed E-state index contributed by atoms with van der Waals surface area (Å²) in [4.78, 5) is 18.2. The molecule has 0 fully saturated rings. The van der Waals surface area contributed by atoms with Crippen LogP contribution in [0.25, 0.3) is 0 Å². The minimum absolute atomic E-state index is 0.0700. The van der Waals surface area contributed by atoms with Crippen LogP contribution in [0.5, 0.6) is 0 Å². The second-order valence-electron chi connectivity index (χ2n) is 7.05. The molecule has 0 bridgehead atoms. The zero-order valence-corrected chi connectivity index (χ0v) is 17.2. The summed E-state index contributed by atoms with van der Waals surface area (Å²) >= 11 is 6.17. The number of carbonyl (C=O) groups is 1. The molecular formula is C23H27ClN2O2. The van der Waals surface area contributed by atoms with Crippen molar-refractivity contribution in [3.63, 3.8) is 0 Å². The average Bonchev–Trinajstić information content (AvgIpc) is 3.25. The second-order valence-corrected chi connectivity index (χ2v) is 7.36. The van der Waals surface area contributed by atoms with Gasteiger partial charge in [-0.3, -0.25) is 4.79 Å². The lowest BCUT2D eigenvalue weighted by atomic mass is 9.80. The molecule has 0 radical (unpaired) electrons. The summed E-state index contributed by atoms with van der Waals surface area (Å²) in [5.41, 5.74) is 1.30. The number of nitrogens with zero attached hydrogens (tertiary/aromatic N) is 1. The first-order chi connectivity index (χ1) is 13.6. The van der Waals surface area contributed by atoms with Crippen molar-refractivity contribution in [1.82, 2.24) is 5.32 Å². The van der Waals surface area contributed by atoms with Crippen molar-refractivity contribution in [3.05, 3.63) is 71.8 Å². The van der Waals surface area contributed by atoms with Crippen LogP contribution in [-0.4, -0.2) is 24.3 Å². The zero-order valence-electron chi connectivity index (χ0n) is 16.4. The SMILES string of the molecule is CCC(CC)(C(=O)N[C@@H](CCl)c1ccccc1)C1=N[C@H](c2ccccc2)CO1. The Kier molecular flexibility index (Phi) is 6.74. The number of halogens is 1. The van der Waals surface area contributed by atoms with Gasteiger partial charge in [-0.2, -0.15) is 0 Å². The van der Waals surface area contributed by atoms with E-state index in [2.05, 4.69) is 5.32 Å². The van der Waals surface area contributed by atoms with Crippen molar-refractivity contribution in [3.8, 4) is 0 Å². The molecule has 0 unspecified atom stereocenters. The first-order valence-electron chi connectivity index (χ1n) is 9.82. The molecule has 4 nitrogen and oxygen atoms in total. The number of nitrogens with one attached hydrogen (secondary N) is 1. The summed E-state index contributed by atoms with van der Waals surface area (Å²) in [6.07, 6.45) is 1.22. The molecule has 1 amide bonds. The van der Waals surface area contributed by atoms with E-state index in [1.54, 1.807) is 0 Å². The van der Waals surface area contributed by atoms with E-state index in [-0.39, 0.29) is 18.0 Å². The van der Waals surface area contributed by atoms with Crippen LogP contribution in [0, 0.1) is 5.41 Å². The predicted octanol–water partition coefficient (Wildman–Crippen LogP) is 5.06. The van der Waals surface area contributed by atoms with Crippen molar-refractivity contribution in [2.24, 2.45) is 10.4 Å². The molecule has 28 heavy (non-hydrogen) atoms. The highest BCUT2D eigenvalue weighted by atomic mass is 35.5. The average molecular weight is 399 g/mol. The molecule has 0 saturated heterocycles. The Balaban J connectivity index is 1.84. The Labute approximate surface area is 172 Å². The minimum Gasteiger partial charge on any atom is -0.478 e. The number of aliphatic imine (C=N–C) groups is 1. The van der Waals surface area contributed by atoms with Gasteiger partial charge in [-0.1, -0.05) is 74.5 Å². The fourth-order valence-corrected chi connectivity index (χ4v) is 3.90. The van der Waals surface area contributed by atoms with Gasteiger partial charge in [0.25, 0.3) is 0 Å². The molecule has 0 saturated carbocycles. The standard InChI is InChI=1S/C23H27ClN2O2/c1-3-23(4-2,21(27)25-19(15-24)17-11-7-5-8-12-17)22-26-20(16-28-22)18-13-9-6-10-14-18/h5-14,19-20H,3-4,15-16H2,1-2H3,(H,25,27)/t19-,20-/m0/s1. The van der Waals surface area contributed by atoms with Crippen LogP contribution >= 0.6 is 11.6 Å². The van der Waals surface area contributed by atoms with E-state index >= 15 is 0 Å². The largest absolute Gasteiger partial charge is 0.478 e. The molecule has 1 heterocycles. The number of rotatable bonds is 8. The molecule has 1 aliphatic rings. The molecular weight excluding hydrogens is 372 g/mol. The van der Waals surface area contributed by atoms with Gasteiger partial charge in [-0.25, -0.2) is 4.99 Å². The van der Waals surface area contributed by atoms with E-state index in [9.17, 15) is 4.79 Å². The Morgan fingerprint density at radius 1 is 1.14 bits per heavy atom. The smallest absolute Gasteiger partial charge is 0.236 e. The van der Waals surface area contributed by atoms with Crippen LogP contribution < -0.4 is 5.32 Å². The number of amides is 1. The van der Waals surface area contributed by atoms with Gasteiger partial charge in [0, 0.05) is 5.88 Å².